The van der Waals surface area contributed by atoms with Gasteiger partial charge in [-0.1, -0.05) is 64.7 Å². The molecule has 0 spiro atoms. The Morgan fingerprint density at radius 1 is 0.889 bits per heavy atom. The average Bonchev–Trinajstić information content (AvgIpc) is 2.77. The second-order valence-electron chi connectivity index (χ2n) is 6.74. The molecule has 2 aliphatic carbocycles. The van der Waals surface area contributed by atoms with Crippen molar-refractivity contribution in [2.45, 2.75) is 90.1 Å². The second kappa shape index (κ2) is 7.53. The van der Waals surface area contributed by atoms with Gasteiger partial charge in [-0.15, -0.1) is 0 Å². The van der Waals surface area contributed by atoms with Crippen LogP contribution in [0.1, 0.15) is 84.0 Å². The van der Waals surface area contributed by atoms with Gasteiger partial charge in [-0.2, -0.15) is 0 Å². The third-order valence-electron chi connectivity index (χ3n) is 5.48. The zero-order valence-corrected chi connectivity index (χ0v) is 12.2. The molecular weight excluding hydrogens is 220 g/mol. The first kappa shape index (κ1) is 14.4. The van der Waals surface area contributed by atoms with Gasteiger partial charge in [-0.3, -0.25) is 0 Å². The van der Waals surface area contributed by atoms with Crippen molar-refractivity contribution in [1.82, 2.24) is 0 Å². The Morgan fingerprint density at radius 3 is 2.39 bits per heavy atom. The molecule has 2 fully saturated rings. The summed E-state index contributed by atoms with van der Waals surface area (Å²) in [7, 11) is 0. The van der Waals surface area contributed by atoms with E-state index >= 15 is 0 Å². The minimum absolute atomic E-state index is 0.0368. The molecule has 1 N–H and O–H groups in total. The molecule has 2 rings (SSSR count). The van der Waals surface area contributed by atoms with Crippen molar-refractivity contribution in [3.8, 4) is 0 Å². The standard InChI is InChI=1S/C17H32O/c1-2-3-4-6-11-15-12-13-16(17(15)18)14-9-7-5-8-10-14/h14-18H,2-13H2,1H3. The molecule has 106 valence electrons. The molecule has 0 aromatic carbocycles. The highest BCUT2D eigenvalue weighted by Gasteiger charge is 2.38. The van der Waals surface area contributed by atoms with Crippen LogP contribution >= 0.6 is 0 Å². The predicted octanol–water partition coefficient (Wildman–Crippen LogP) is 4.92. The Kier molecular flexibility index (Phi) is 6.01. The highest BCUT2D eigenvalue weighted by atomic mass is 16.3. The molecule has 0 aromatic rings. The number of hydrogen-bond acceptors (Lipinski definition) is 1. The lowest BCUT2D eigenvalue weighted by Gasteiger charge is -2.30. The molecule has 0 radical (unpaired) electrons. The molecule has 1 nitrogen and oxygen atoms in total. The van der Waals surface area contributed by atoms with Crippen LogP contribution in [0.5, 0.6) is 0 Å². The van der Waals surface area contributed by atoms with Crippen LogP contribution in [0.4, 0.5) is 0 Å². The highest BCUT2D eigenvalue weighted by molar-refractivity contribution is 4.89. The SMILES string of the molecule is CCCCCCC1CCC(C2CCCCC2)C1O. The summed E-state index contributed by atoms with van der Waals surface area (Å²) < 4.78 is 0. The van der Waals surface area contributed by atoms with Gasteiger partial charge in [0.15, 0.2) is 0 Å². The van der Waals surface area contributed by atoms with Crippen LogP contribution in [0.2, 0.25) is 0 Å². The molecule has 0 saturated heterocycles. The van der Waals surface area contributed by atoms with Gasteiger partial charge in [0.1, 0.15) is 0 Å². The van der Waals surface area contributed by atoms with Crippen LogP contribution in [0.25, 0.3) is 0 Å². The molecule has 3 atom stereocenters. The Morgan fingerprint density at radius 2 is 1.67 bits per heavy atom. The molecule has 2 saturated carbocycles. The number of aliphatic hydroxyl groups excluding tert-OH is 1. The molecule has 1 heteroatoms. The van der Waals surface area contributed by atoms with E-state index in [0.717, 1.165) is 5.92 Å². The molecule has 0 aromatic heterocycles. The van der Waals surface area contributed by atoms with E-state index in [4.69, 9.17) is 0 Å². The Labute approximate surface area is 113 Å². The molecule has 18 heavy (non-hydrogen) atoms. The summed E-state index contributed by atoms with van der Waals surface area (Å²) in [6, 6.07) is 0. The molecule has 2 aliphatic rings. The van der Waals surface area contributed by atoms with Crippen molar-refractivity contribution in [3.63, 3.8) is 0 Å². The first-order valence-corrected chi connectivity index (χ1v) is 8.51. The molecule has 3 unspecified atom stereocenters. The lowest BCUT2D eigenvalue weighted by atomic mass is 9.77. The van der Waals surface area contributed by atoms with Gasteiger partial charge < -0.3 is 5.11 Å². The molecular formula is C17H32O. The lowest BCUT2D eigenvalue weighted by molar-refractivity contribution is 0.0498. The third-order valence-corrected chi connectivity index (χ3v) is 5.48. The van der Waals surface area contributed by atoms with Crippen LogP contribution in [0, 0.1) is 17.8 Å². The van der Waals surface area contributed by atoms with Gasteiger partial charge in [0.05, 0.1) is 6.10 Å². The summed E-state index contributed by atoms with van der Waals surface area (Å²) in [5.41, 5.74) is 0. The summed E-state index contributed by atoms with van der Waals surface area (Å²) in [4.78, 5) is 0. The smallest absolute Gasteiger partial charge is 0.0599 e. The quantitative estimate of drug-likeness (QED) is 0.665. The minimum Gasteiger partial charge on any atom is -0.393 e. The van der Waals surface area contributed by atoms with Gasteiger partial charge in [0.25, 0.3) is 0 Å². The van der Waals surface area contributed by atoms with Gasteiger partial charge in [0.2, 0.25) is 0 Å². The third kappa shape index (κ3) is 3.73. The normalized spacial score (nSPS) is 34.0. The van der Waals surface area contributed by atoms with E-state index in [2.05, 4.69) is 6.92 Å². The van der Waals surface area contributed by atoms with E-state index < -0.39 is 0 Å². The Hall–Kier alpha value is -0.0400. The fourth-order valence-corrected chi connectivity index (χ4v) is 4.32. The van der Waals surface area contributed by atoms with Gasteiger partial charge >= 0.3 is 0 Å². The molecule has 0 bridgehead atoms. The topological polar surface area (TPSA) is 20.2 Å². The zero-order chi connectivity index (χ0) is 12.8. The van der Waals surface area contributed by atoms with Crippen LogP contribution < -0.4 is 0 Å². The van der Waals surface area contributed by atoms with Crippen LogP contribution in [-0.4, -0.2) is 11.2 Å². The van der Waals surface area contributed by atoms with Crippen molar-refractivity contribution >= 4 is 0 Å². The maximum Gasteiger partial charge on any atom is 0.0599 e. The summed E-state index contributed by atoms with van der Waals surface area (Å²) in [6.07, 6.45) is 16.4. The summed E-state index contributed by atoms with van der Waals surface area (Å²) in [5, 5.41) is 10.6. The largest absolute Gasteiger partial charge is 0.393 e. The highest BCUT2D eigenvalue weighted by Crippen LogP contribution is 2.43. The Bertz CT molecular complexity index is 220. The fourth-order valence-electron chi connectivity index (χ4n) is 4.32. The van der Waals surface area contributed by atoms with E-state index in [-0.39, 0.29) is 6.10 Å². The maximum atomic E-state index is 10.6. The van der Waals surface area contributed by atoms with Crippen LogP contribution in [0.15, 0.2) is 0 Å². The van der Waals surface area contributed by atoms with E-state index in [9.17, 15) is 5.11 Å². The van der Waals surface area contributed by atoms with Gasteiger partial charge in [0, 0.05) is 0 Å². The van der Waals surface area contributed by atoms with Gasteiger partial charge in [-0.25, -0.2) is 0 Å². The summed E-state index contributed by atoms with van der Waals surface area (Å²) in [6.45, 7) is 2.27. The number of unbranched alkanes of at least 4 members (excludes halogenated alkanes) is 3. The van der Waals surface area contributed by atoms with Crippen molar-refractivity contribution in [2.24, 2.45) is 17.8 Å². The minimum atomic E-state index is 0.0368. The average molecular weight is 252 g/mol. The van der Waals surface area contributed by atoms with Crippen molar-refractivity contribution in [2.75, 3.05) is 0 Å². The van der Waals surface area contributed by atoms with E-state index in [1.54, 1.807) is 0 Å². The maximum absolute atomic E-state index is 10.6. The second-order valence-corrected chi connectivity index (χ2v) is 6.74. The van der Waals surface area contributed by atoms with Crippen LogP contribution in [-0.2, 0) is 0 Å². The lowest BCUT2D eigenvalue weighted by Crippen LogP contribution is -2.28. The molecule has 0 amide bonds. The van der Waals surface area contributed by atoms with E-state index in [0.29, 0.717) is 11.8 Å². The molecule has 0 aliphatic heterocycles. The monoisotopic (exact) mass is 252 g/mol. The van der Waals surface area contributed by atoms with E-state index in [1.807, 2.05) is 0 Å². The predicted molar refractivity (Wildman–Crippen MR) is 77.6 cm³/mol. The first-order valence-electron chi connectivity index (χ1n) is 8.51. The van der Waals surface area contributed by atoms with Gasteiger partial charge in [-0.05, 0) is 37.0 Å². The number of rotatable bonds is 6. The Balaban J connectivity index is 1.72. The van der Waals surface area contributed by atoms with Crippen LogP contribution in [0.3, 0.4) is 0 Å². The fraction of sp³-hybridized carbons (Fsp3) is 1.00. The number of hydrogen-bond donors (Lipinski definition) is 1. The van der Waals surface area contributed by atoms with Crippen molar-refractivity contribution < 1.29 is 5.11 Å². The summed E-state index contributed by atoms with van der Waals surface area (Å²) >= 11 is 0. The number of aliphatic hydroxyl groups is 1. The van der Waals surface area contributed by atoms with Crippen molar-refractivity contribution in [3.05, 3.63) is 0 Å². The van der Waals surface area contributed by atoms with Crippen molar-refractivity contribution in [1.29, 1.82) is 0 Å². The first-order chi connectivity index (χ1) is 8.83. The van der Waals surface area contributed by atoms with E-state index in [1.165, 1.54) is 77.0 Å². The molecule has 0 heterocycles. The zero-order valence-electron chi connectivity index (χ0n) is 12.2. The summed E-state index contributed by atoms with van der Waals surface area (Å²) in [5.74, 6) is 2.14.